The number of carboxylic acids is 1. The number of carbonyl (C=O) groups is 2. The Hall–Kier alpha value is -4.38. The van der Waals surface area contributed by atoms with Crippen molar-refractivity contribution in [1.29, 1.82) is 0 Å². The van der Waals surface area contributed by atoms with Crippen molar-refractivity contribution in [2.45, 2.75) is 13.3 Å². The number of aliphatic carboxylic acids is 1. The zero-order valence-corrected chi connectivity index (χ0v) is 18.8. The number of nitrogens with one attached hydrogen (secondary N) is 1. The number of para-hydroxylation sites is 1. The van der Waals surface area contributed by atoms with Crippen LogP contribution in [-0.2, 0) is 11.2 Å². The van der Waals surface area contributed by atoms with Gasteiger partial charge < -0.3 is 15.2 Å². The topological polar surface area (TPSA) is 75.6 Å². The molecule has 0 heterocycles. The molecule has 0 aliphatic carbocycles. The first-order valence-electron chi connectivity index (χ1n) is 11.0. The highest BCUT2D eigenvalue weighted by molar-refractivity contribution is 6.05. The van der Waals surface area contributed by atoms with Crippen LogP contribution in [-0.4, -0.2) is 23.6 Å². The molecule has 1 amide bonds. The van der Waals surface area contributed by atoms with Gasteiger partial charge in [-0.15, -0.1) is 0 Å². The Bertz CT molecular complexity index is 1370. The van der Waals surface area contributed by atoms with Crippen molar-refractivity contribution in [2.24, 2.45) is 0 Å². The quantitative estimate of drug-likeness (QED) is 0.317. The van der Waals surface area contributed by atoms with Crippen LogP contribution in [0.3, 0.4) is 0 Å². The van der Waals surface area contributed by atoms with E-state index in [4.69, 9.17) is 9.84 Å². The monoisotopic (exact) mass is 451 g/mol. The second-order valence-corrected chi connectivity index (χ2v) is 7.97. The summed E-state index contributed by atoms with van der Waals surface area (Å²) in [5, 5.41) is 14.3. The lowest BCUT2D eigenvalue weighted by molar-refractivity contribution is -0.131. The van der Waals surface area contributed by atoms with Gasteiger partial charge in [-0.1, -0.05) is 66.7 Å². The number of anilines is 1. The summed E-state index contributed by atoms with van der Waals surface area (Å²) in [6.07, 6.45) is 3.20. The fourth-order valence-corrected chi connectivity index (χ4v) is 3.68. The van der Waals surface area contributed by atoms with Crippen LogP contribution in [0.1, 0.15) is 27.0 Å². The van der Waals surface area contributed by atoms with Crippen molar-refractivity contribution in [3.8, 4) is 5.75 Å². The van der Waals surface area contributed by atoms with Crippen molar-refractivity contribution in [2.75, 3.05) is 11.9 Å². The number of hydrogen-bond donors (Lipinski definition) is 2. The molecule has 170 valence electrons. The number of aryl methyl sites for hydroxylation is 1. The van der Waals surface area contributed by atoms with E-state index < -0.39 is 5.97 Å². The van der Waals surface area contributed by atoms with E-state index in [-0.39, 0.29) is 5.91 Å². The van der Waals surface area contributed by atoms with E-state index in [0.717, 1.165) is 22.9 Å². The lowest BCUT2D eigenvalue weighted by Gasteiger charge is -2.13. The Balaban J connectivity index is 1.52. The highest BCUT2D eigenvalue weighted by atomic mass is 16.5. The van der Waals surface area contributed by atoms with Gasteiger partial charge in [-0.25, -0.2) is 4.79 Å². The number of hydrogen-bond acceptors (Lipinski definition) is 3. The lowest BCUT2D eigenvalue weighted by Crippen LogP contribution is -2.13. The molecule has 0 unspecified atom stereocenters. The molecule has 0 saturated carbocycles. The SMILES string of the molecule is Cc1ccccc1NC(=O)c1ccc(/C=C/C(=O)O)c(OCCc2ccc3ccccc3c2)c1. The average molecular weight is 452 g/mol. The molecule has 4 rings (SSSR count). The first-order chi connectivity index (χ1) is 16.5. The number of carboxylic acid groups (broad SMARTS) is 1. The summed E-state index contributed by atoms with van der Waals surface area (Å²) in [4.78, 5) is 23.8. The van der Waals surface area contributed by atoms with Crippen LogP contribution < -0.4 is 10.1 Å². The summed E-state index contributed by atoms with van der Waals surface area (Å²) in [5.41, 5.74) is 3.85. The zero-order chi connectivity index (χ0) is 23.9. The fraction of sp³-hybridized carbons (Fsp3) is 0.103. The lowest BCUT2D eigenvalue weighted by atomic mass is 10.1. The highest BCUT2D eigenvalue weighted by Crippen LogP contribution is 2.24. The summed E-state index contributed by atoms with van der Waals surface area (Å²) in [7, 11) is 0. The van der Waals surface area contributed by atoms with E-state index >= 15 is 0 Å². The van der Waals surface area contributed by atoms with E-state index in [1.165, 1.54) is 16.8 Å². The number of benzene rings is 4. The Labute approximate surface area is 198 Å². The number of carbonyl (C=O) groups excluding carboxylic acids is 1. The summed E-state index contributed by atoms with van der Waals surface area (Å²) >= 11 is 0. The molecule has 0 aliphatic rings. The summed E-state index contributed by atoms with van der Waals surface area (Å²) in [6.45, 7) is 2.31. The molecule has 0 aliphatic heterocycles. The molecule has 0 atom stereocenters. The minimum atomic E-state index is -1.05. The minimum Gasteiger partial charge on any atom is -0.493 e. The van der Waals surface area contributed by atoms with E-state index in [1.54, 1.807) is 18.2 Å². The van der Waals surface area contributed by atoms with Crippen LogP contribution in [0.4, 0.5) is 5.69 Å². The third-order valence-corrected chi connectivity index (χ3v) is 5.54. The van der Waals surface area contributed by atoms with Crippen molar-refractivity contribution >= 4 is 34.4 Å². The van der Waals surface area contributed by atoms with Crippen molar-refractivity contribution in [1.82, 2.24) is 0 Å². The molecule has 34 heavy (non-hydrogen) atoms. The van der Waals surface area contributed by atoms with Gasteiger partial charge in [0.1, 0.15) is 5.75 Å². The number of fused-ring (bicyclic) bond motifs is 1. The molecule has 0 spiro atoms. The van der Waals surface area contributed by atoms with Crippen molar-refractivity contribution < 1.29 is 19.4 Å². The maximum absolute atomic E-state index is 12.8. The predicted octanol–water partition coefficient (Wildman–Crippen LogP) is 6.12. The van der Waals surface area contributed by atoms with Crippen molar-refractivity contribution in [3.05, 3.63) is 113 Å². The predicted molar refractivity (Wildman–Crippen MR) is 135 cm³/mol. The fourth-order valence-electron chi connectivity index (χ4n) is 3.68. The third kappa shape index (κ3) is 5.70. The van der Waals surface area contributed by atoms with Crippen LogP contribution in [0.2, 0.25) is 0 Å². The van der Waals surface area contributed by atoms with Gasteiger partial charge in [0.05, 0.1) is 6.61 Å². The second kappa shape index (κ2) is 10.5. The van der Waals surface area contributed by atoms with E-state index in [0.29, 0.717) is 29.9 Å². The molecule has 5 heteroatoms. The molecule has 0 fully saturated rings. The highest BCUT2D eigenvalue weighted by Gasteiger charge is 2.12. The number of rotatable bonds is 8. The van der Waals surface area contributed by atoms with Crippen LogP contribution >= 0.6 is 0 Å². The third-order valence-electron chi connectivity index (χ3n) is 5.54. The Morgan fingerprint density at radius 1 is 0.912 bits per heavy atom. The van der Waals surface area contributed by atoms with Crippen molar-refractivity contribution in [3.63, 3.8) is 0 Å². The van der Waals surface area contributed by atoms with Gasteiger partial charge >= 0.3 is 5.97 Å². The molecule has 5 nitrogen and oxygen atoms in total. The molecule has 0 bridgehead atoms. The van der Waals surface area contributed by atoms with E-state index in [9.17, 15) is 9.59 Å². The number of amides is 1. The minimum absolute atomic E-state index is 0.262. The van der Waals surface area contributed by atoms with Crippen LogP contribution in [0.25, 0.3) is 16.8 Å². The van der Waals surface area contributed by atoms with Crippen LogP contribution in [0, 0.1) is 6.92 Å². The first-order valence-corrected chi connectivity index (χ1v) is 11.0. The molecule has 0 radical (unpaired) electrons. The number of ether oxygens (including phenoxy) is 1. The summed E-state index contributed by atoms with van der Waals surface area (Å²) in [6, 6.07) is 27.0. The van der Waals surface area contributed by atoms with Gasteiger partial charge in [0.15, 0.2) is 0 Å². The summed E-state index contributed by atoms with van der Waals surface area (Å²) < 4.78 is 6.03. The van der Waals surface area contributed by atoms with Gasteiger partial charge in [0, 0.05) is 29.3 Å². The van der Waals surface area contributed by atoms with Gasteiger partial charge in [0.2, 0.25) is 0 Å². The smallest absolute Gasteiger partial charge is 0.328 e. The average Bonchev–Trinajstić information content (AvgIpc) is 2.84. The Morgan fingerprint density at radius 2 is 1.68 bits per heavy atom. The Kier molecular flexibility index (Phi) is 7.04. The van der Waals surface area contributed by atoms with E-state index in [1.807, 2.05) is 43.3 Å². The normalized spacial score (nSPS) is 11.0. The zero-order valence-electron chi connectivity index (χ0n) is 18.8. The van der Waals surface area contributed by atoms with Gasteiger partial charge in [-0.3, -0.25) is 4.79 Å². The maximum atomic E-state index is 12.8. The molecular weight excluding hydrogens is 426 g/mol. The standard InChI is InChI=1S/C29H25NO4/c1-20-6-2-5-9-26(20)30-29(33)25-13-12-23(14-15-28(31)32)27(19-25)34-17-16-21-10-11-22-7-3-4-8-24(22)18-21/h2-15,18-19H,16-17H2,1H3,(H,30,33)(H,31,32)/b15-14+. The van der Waals surface area contributed by atoms with E-state index in [2.05, 4.69) is 35.6 Å². The molecule has 0 aromatic heterocycles. The molecule has 4 aromatic rings. The van der Waals surface area contributed by atoms with Gasteiger partial charge in [0.25, 0.3) is 5.91 Å². The maximum Gasteiger partial charge on any atom is 0.328 e. The van der Waals surface area contributed by atoms with Gasteiger partial charge in [-0.2, -0.15) is 0 Å². The summed E-state index contributed by atoms with van der Waals surface area (Å²) in [5.74, 6) is -0.860. The van der Waals surface area contributed by atoms with Gasteiger partial charge in [-0.05, 0) is 53.1 Å². The Morgan fingerprint density at radius 3 is 2.47 bits per heavy atom. The second-order valence-electron chi connectivity index (χ2n) is 7.97. The first kappa shape index (κ1) is 22.8. The largest absolute Gasteiger partial charge is 0.493 e. The molecule has 2 N–H and O–H groups in total. The van der Waals surface area contributed by atoms with Crippen LogP contribution in [0.5, 0.6) is 5.75 Å². The molecule has 4 aromatic carbocycles. The molecular formula is C29H25NO4. The van der Waals surface area contributed by atoms with Crippen LogP contribution in [0.15, 0.2) is 91.0 Å². The molecule has 0 saturated heterocycles.